The van der Waals surface area contributed by atoms with Gasteiger partial charge < -0.3 is 9.64 Å². The van der Waals surface area contributed by atoms with Crippen molar-refractivity contribution in [3.05, 3.63) is 0 Å². The molecule has 2 saturated heterocycles. The highest BCUT2D eigenvalue weighted by Gasteiger charge is 2.48. The standard InChI is InChI=1S/C12H21NO.C2H6/c1-13-7-5-12(6-8-13)9-10-3-2-4-11(10)14-12;1-2/h10-11H,2-9H2,1H3;1-2H3. The summed E-state index contributed by atoms with van der Waals surface area (Å²) in [5.41, 5.74) is 0.308. The van der Waals surface area contributed by atoms with Crippen LogP contribution in [0.3, 0.4) is 0 Å². The van der Waals surface area contributed by atoms with E-state index in [0.29, 0.717) is 11.7 Å². The second-order valence-corrected chi connectivity index (χ2v) is 5.54. The van der Waals surface area contributed by atoms with E-state index in [-0.39, 0.29) is 0 Å². The van der Waals surface area contributed by atoms with E-state index in [1.807, 2.05) is 13.8 Å². The fraction of sp³-hybridized carbons (Fsp3) is 1.00. The molecule has 2 heteroatoms. The van der Waals surface area contributed by atoms with Crippen molar-refractivity contribution in [1.82, 2.24) is 4.90 Å². The third kappa shape index (κ3) is 2.28. The predicted molar refractivity (Wildman–Crippen MR) is 67.6 cm³/mol. The lowest BCUT2D eigenvalue weighted by molar-refractivity contribution is -0.0747. The lowest BCUT2D eigenvalue weighted by Gasteiger charge is -2.37. The molecule has 3 rings (SSSR count). The smallest absolute Gasteiger partial charge is 0.0714 e. The van der Waals surface area contributed by atoms with Crippen LogP contribution in [0.2, 0.25) is 0 Å². The molecular formula is C14H27NO. The Morgan fingerprint density at radius 1 is 1.12 bits per heavy atom. The predicted octanol–water partition coefficient (Wildman–Crippen LogP) is 3.07. The van der Waals surface area contributed by atoms with Crippen molar-refractivity contribution in [1.29, 1.82) is 0 Å². The number of ether oxygens (including phenoxy) is 1. The van der Waals surface area contributed by atoms with Crippen LogP contribution < -0.4 is 0 Å². The SMILES string of the molecule is CC.CN1CCC2(CC1)CC1CCCC1O2. The highest BCUT2D eigenvalue weighted by Crippen LogP contribution is 2.48. The monoisotopic (exact) mass is 225 g/mol. The normalized spacial score (nSPS) is 36.9. The van der Waals surface area contributed by atoms with Crippen molar-refractivity contribution in [2.45, 2.75) is 64.1 Å². The lowest BCUT2D eigenvalue weighted by atomic mass is 9.85. The molecule has 0 aromatic carbocycles. The first-order valence-corrected chi connectivity index (χ1v) is 7.14. The number of rotatable bonds is 0. The van der Waals surface area contributed by atoms with Crippen LogP contribution in [-0.2, 0) is 4.74 Å². The molecule has 2 aliphatic heterocycles. The van der Waals surface area contributed by atoms with Crippen LogP contribution in [0, 0.1) is 5.92 Å². The Balaban J connectivity index is 0.000000457. The van der Waals surface area contributed by atoms with Crippen molar-refractivity contribution in [2.24, 2.45) is 5.92 Å². The molecule has 2 nitrogen and oxygen atoms in total. The Morgan fingerprint density at radius 2 is 1.81 bits per heavy atom. The summed E-state index contributed by atoms with van der Waals surface area (Å²) in [6, 6.07) is 0. The maximum Gasteiger partial charge on any atom is 0.0714 e. The molecule has 1 aliphatic carbocycles. The molecule has 2 heterocycles. The first kappa shape index (κ1) is 12.4. The quantitative estimate of drug-likeness (QED) is 0.628. The summed E-state index contributed by atoms with van der Waals surface area (Å²) in [7, 11) is 2.22. The van der Waals surface area contributed by atoms with Crippen molar-refractivity contribution in [3.8, 4) is 0 Å². The molecule has 16 heavy (non-hydrogen) atoms. The van der Waals surface area contributed by atoms with Gasteiger partial charge in [-0.05, 0) is 45.1 Å². The molecule has 0 aromatic rings. The van der Waals surface area contributed by atoms with E-state index in [9.17, 15) is 0 Å². The highest BCUT2D eigenvalue weighted by molar-refractivity contribution is 4.99. The molecule has 2 atom stereocenters. The second-order valence-electron chi connectivity index (χ2n) is 5.54. The molecule has 1 saturated carbocycles. The molecule has 2 unspecified atom stereocenters. The van der Waals surface area contributed by atoms with Gasteiger partial charge in [0.05, 0.1) is 11.7 Å². The Labute approximate surface area is 100 Å². The maximum absolute atomic E-state index is 6.34. The van der Waals surface area contributed by atoms with Crippen molar-refractivity contribution in [3.63, 3.8) is 0 Å². The summed E-state index contributed by atoms with van der Waals surface area (Å²) < 4.78 is 6.34. The topological polar surface area (TPSA) is 12.5 Å². The first-order valence-electron chi connectivity index (χ1n) is 7.14. The summed E-state index contributed by atoms with van der Waals surface area (Å²) in [4.78, 5) is 2.43. The van der Waals surface area contributed by atoms with Gasteiger partial charge in [0.2, 0.25) is 0 Å². The average Bonchev–Trinajstić information content (AvgIpc) is 2.84. The van der Waals surface area contributed by atoms with E-state index in [1.54, 1.807) is 0 Å². The number of fused-ring (bicyclic) bond motifs is 1. The molecule has 3 aliphatic rings. The van der Waals surface area contributed by atoms with E-state index in [2.05, 4.69) is 11.9 Å². The van der Waals surface area contributed by atoms with Crippen molar-refractivity contribution in [2.75, 3.05) is 20.1 Å². The maximum atomic E-state index is 6.34. The van der Waals surface area contributed by atoms with Crippen LogP contribution in [-0.4, -0.2) is 36.7 Å². The zero-order chi connectivity index (χ0) is 11.6. The molecule has 94 valence electrons. The Morgan fingerprint density at radius 3 is 2.44 bits per heavy atom. The van der Waals surface area contributed by atoms with Gasteiger partial charge in [0.15, 0.2) is 0 Å². The fourth-order valence-electron chi connectivity index (χ4n) is 3.59. The van der Waals surface area contributed by atoms with Gasteiger partial charge in [-0.25, -0.2) is 0 Å². The van der Waals surface area contributed by atoms with Crippen LogP contribution >= 0.6 is 0 Å². The summed E-state index contributed by atoms with van der Waals surface area (Å²) in [6.45, 7) is 6.47. The number of nitrogens with zero attached hydrogens (tertiary/aromatic N) is 1. The zero-order valence-corrected chi connectivity index (χ0v) is 11.2. The fourth-order valence-corrected chi connectivity index (χ4v) is 3.59. The molecule has 0 radical (unpaired) electrons. The molecular weight excluding hydrogens is 198 g/mol. The lowest BCUT2D eigenvalue weighted by Crippen LogP contribution is -2.42. The van der Waals surface area contributed by atoms with Crippen LogP contribution in [0.5, 0.6) is 0 Å². The first-order chi connectivity index (χ1) is 7.77. The van der Waals surface area contributed by atoms with Gasteiger partial charge >= 0.3 is 0 Å². The van der Waals surface area contributed by atoms with Gasteiger partial charge in [0.1, 0.15) is 0 Å². The Hall–Kier alpha value is -0.0800. The number of likely N-dealkylation sites (tertiary alicyclic amines) is 1. The number of hydrogen-bond acceptors (Lipinski definition) is 2. The van der Waals surface area contributed by atoms with Gasteiger partial charge in [-0.1, -0.05) is 20.3 Å². The van der Waals surface area contributed by atoms with Gasteiger partial charge in [-0.2, -0.15) is 0 Å². The minimum absolute atomic E-state index is 0.308. The highest BCUT2D eigenvalue weighted by atomic mass is 16.5. The van der Waals surface area contributed by atoms with Crippen molar-refractivity contribution >= 4 is 0 Å². The third-order valence-corrected chi connectivity index (χ3v) is 4.52. The minimum atomic E-state index is 0.308. The summed E-state index contributed by atoms with van der Waals surface area (Å²) in [5, 5.41) is 0. The average molecular weight is 225 g/mol. The van der Waals surface area contributed by atoms with Crippen LogP contribution in [0.1, 0.15) is 52.4 Å². The van der Waals surface area contributed by atoms with E-state index in [1.165, 1.54) is 51.6 Å². The molecule has 1 spiro atoms. The van der Waals surface area contributed by atoms with Gasteiger partial charge in [0.25, 0.3) is 0 Å². The summed E-state index contributed by atoms with van der Waals surface area (Å²) in [5.74, 6) is 0.915. The molecule has 0 N–H and O–H groups in total. The van der Waals surface area contributed by atoms with E-state index in [0.717, 1.165) is 5.92 Å². The van der Waals surface area contributed by atoms with Crippen LogP contribution in [0.15, 0.2) is 0 Å². The number of hydrogen-bond donors (Lipinski definition) is 0. The minimum Gasteiger partial charge on any atom is -0.371 e. The van der Waals surface area contributed by atoms with Gasteiger partial charge in [-0.3, -0.25) is 0 Å². The third-order valence-electron chi connectivity index (χ3n) is 4.52. The molecule has 0 bridgehead atoms. The summed E-state index contributed by atoms with van der Waals surface area (Å²) in [6.07, 6.45) is 8.73. The zero-order valence-electron chi connectivity index (χ0n) is 11.2. The number of piperidine rings is 1. The van der Waals surface area contributed by atoms with E-state index in [4.69, 9.17) is 4.74 Å². The van der Waals surface area contributed by atoms with Crippen LogP contribution in [0.4, 0.5) is 0 Å². The van der Waals surface area contributed by atoms with Gasteiger partial charge in [0, 0.05) is 13.1 Å². The largest absolute Gasteiger partial charge is 0.371 e. The van der Waals surface area contributed by atoms with Crippen molar-refractivity contribution < 1.29 is 4.74 Å². The second kappa shape index (κ2) is 5.05. The van der Waals surface area contributed by atoms with E-state index >= 15 is 0 Å². The molecule has 0 aromatic heterocycles. The van der Waals surface area contributed by atoms with Gasteiger partial charge in [-0.15, -0.1) is 0 Å². The Bertz CT molecular complexity index is 207. The molecule has 0 amide bonds. The van der Waals surface area contributed by atoms with Crippen LogP contribution in [0.25, 0.3) is 0 Å². The summed E-state index contributed by atoms with van der Waals surface area (Å²) >= 11 is 0. The molecule has 3 fully saturated rings. The van der Waals surface area contributed by atoms with E-state index < -0.39 is 0 Å². The Kier molecular flexibility index (Phi) is 3.91.